The van der Waals surface area contributed by atoms with Crippen molar-refractivity contribution in [2.75, 3.05) is 0 Å². The Bertz CT molecular complexity index is 581. The topological polar surface area (TPSA) is 38.0 Å². The van der Waals surface area contributed by atoms with Gasteiger partial charge in [0.15, 0.2) is 11.6 Å². The van der Waals surface area contributed by atoms with E-state index >= 15 is 0 Å². The number of aryl methyl sites for hydroxylation is 2. The van der Waals surface area contributed by atoms with Crippen molar-refractivity contribution in [3.8, 4) is 0 Å². The average Bonchev–Trinajstić information content (AvgIpc) is 2.84. The molecule has 1 unspecified atom stereocenters. The number of aromatic nitrogens is 2. The van der Waals surface area contributed by atoms with Gasteiger partial charge in [0.05, 0.1) is 5.69 Å². The van der Waals surface area contributed by atoms with E-state index in [2.05, 4.69) is 5.10 Å². The van der Waals surface area contributed by atoms with Gasteiger partial charge in [-0.25, -0.2) is 8.78 Å². The van der Waals surface area contributed by atoms with Crippen LogP contribution in [0.4, 0.5) is 8.78 Å². The van der Waals surface area contributed by atoms with Crippen LogP contribution in [0.15, 0.2) is 24.4 Å². The number of rotatable bonds is 4. The molecular formula is C14H16F2N2O. The summed E-state index contributed by atoms with van der Waals surface area (Å²) in [6.45, 7) is 4.08. The quantitative estimate of drug-likeness (QED) is 0.924. The molecule has 0 amide bonds. The van der Waals surface area contributed by atoms with Crippen molar-refractivity contribution in [2.24, 2.45) is 0 Å². The van der Waals surface area contributed by atoms with Gasteiger partial charge in [0.1, 0.15) is 6.10 Å². The number of aliphatic hydroxyl groups is 1. The fourth-order valence-corrected chi connectivity index (χ4v) is 2.01. The first kappa shape index (κ1) is 13.7. The first-order valence-corrected chi connectivity index (χ1v) is 6.20. The fraction of sp³-hybridized carbons (Fsp3) is 0.357. The van der Waals surface area contributed by atoms with E-state index in [0.29, 0.717) is 12.2 Å². The highest BCUT2D eigenvalue weighted by atomic mass is 19.2. The highest BCUT2D eigenvalue weighted by Gasteiger charge is 2.21. The van der Waals surface area contributed by atoms with Crippen LogP contribution in [0.1, 0.15) is 36.3 Å². The molecule has 0 spiro atoms. The van der Waals surface area contributed by atoms with Crippen LogP contribution in [0.25, 0.3) is 0 Å². The third-order valence-corrected chi connectivity index (χ3v) is 3.06. The van der Waals surface area contributed by atoms with Crippen molar-refractivity contribution in [1.82, 2.24) is 9.78 Å². The van der Waals surface area contributed by atoms with Crippen LogP contribution >= 0.6 is 0 Å². The molecule has 1 aromatic carbocycles. The number of hydrogen-bond donors (Lipinski definition) is 1. The van der Waals surface area contributed by atoms with Gasteiger partial charge in [0.2, 0.25) is 0 Å². The third kappa shape index (κ3) is 2.51. The Kier molecular flexibility index (Phi) is 3.95. The van der Waals surface area contributed by atoms with Crippen molar-refractivity contribution in [3.63, 3.8) is 0 Å². The van der Waals surface area contributed by atoms with Gasteiger partial charge in [-0.05, 0) is 25.0 Å². The molecule has 0 aliphatic rings. The molecule has 5 heteroatoms. The number of halogens is 2. The van der Waals surface area contributed by atoms with Crippen LogP contribution < -0.4 is 0 Å². The van der Waals surface area contributed by atoms with Crippen LogP contribution in [0.2, 0.25) is 0 Å². The molecule has 3 nitrogen and oxygen atoms in total. The second-order valence-electron chi connectivity index (χ2n) is 4.48. The van der Waals surface area contributed by atoms with E-state index in [1.54, 1.807) is 10.7 Å². The normalized spacial score (nSPS) is 12.7. The second-order valence-corrected chi connectivity index (χ2v) is 4.48. The summed E-state index contributed by atoms with van der Waals surface area (Å²) >= 11 is 0. The number of nitrogens with zero attached hydrogens (tertiary/aromatic N) is 2. The molecule has 0 saturated carbocycles. The summed E-state index contributed by atoms with van der Waals surface area (Å²) in [5.74, 6) is -1.92. The smallest absolute Gasteiger partial charge is 0.165 e. The molecule has 2 rings (SSSR count). The number of benzene rings is 1. The molecule has 1 N–H and O–H groups in total. The molecule has 19 heavy (non-hydrogen) atoms. The van der Waals surface area contributed by atoms with E-state index < -0.39 is 17.7 Å². The minimum absolute atomic E-state index is 0.0686. The molecule has 1 atom stereocenters. The average molecular weight is 266 g/mol. The highest BCUT2D eigenvalue weighted by molar-refractivity contribution is 5.31. The molecule has 2 aromatic rings. The van der Waals surface area contributed by atoms with Gasteiger partial charge >= 0.3 is 0 Å². The van der Waals surface area contributed by atoms with Crippen LogP contribution in [-0.4, -0.2) is 14.9 Å². The summed E-state index contributed by atoms with van der Waals surface area (Å²) in [5.41, 5.74) is 0.612. The maximum absolute atomic E-state index is 13.9. The molecule has 0 saturated heterocycles. The van der Waals surface area contributed by atoms with Crippen LogP contribution in [0, 0.1) is 18.6 Å². The van der Waals surface area contributed by atoms with Crippen LogP contribution in [0.3, 0.4) is 0 Å². The monoisotopic (exact) mass is 266 g/mol. The van der Waals surface area contributed by atoms with Crippen LogP contribution in [-0.2, 0) is 6.54 Å². The predicted octanol–water partition coefficient (Wildman–Crippen LogP) is 2.96. The van der Waals surface area contributed by atoms with Gasteiger partial charge in [-0.3, -0.25) is 4.68 Å². The highest BCUT2D eigenvalue weighted by Crippen LogP contribution is 2.26. The first-order chi connectivity index (χ1) is 9.06. The number of aliphatic hydroxyl groups excluding tert-OH is 1. The van der Waals surface area contributed by atoms with Crippen molar-refractivity contribution < 1.29 is 13.9 Å². The summed E-state index contributed by atoms with van der Waals surface area (Å²) in [6.07, 6.45) is 1.16. The summed E-state index contributed by atoms with van der Waals surface area (Å²) in [7, 11) is 0. The van der Waals surface area contributed by atoms with Gasteiger partial charge in [0, 0.05) is 18.3 Å². The first-order valence-electron chi connectivity index (χ1n) is 6.20. The Hall–Kier alpha value is -1.75. The summed E-state index contributed by atoms with van der Waals surface area (Å²) in [5, 5.41) is 14.3. The van der Waals surface area contributed by atoms with Gasteiger partial charge in [-0.15, -0.1) is 0 Å². The Morgan fingerprint density at radius 3 is 2.68 bits per heavy atom. The molecule has 0 aliphatic carbocycles. The lowest BCUT2D eigenvalue weighted by Crippen LogP contribution is -2.12. The van der Waals surface area contributed by atoms with Crippen molar-refractivity contribution in [2.45, 2.75) is 32.9 Å². The number of hydrogen-bond acceptors (Lipinski definition) is 2. The molecule has 0 bridgehead atoms. The van der Waals surface area contributed by atoms with E-state index in [1.165, 1.54) is 25.3 Å². The van der Waals surface area contributed by atoms with E-state index in [-0.39, 0.29) is 11.1 Å². The lowest BCUT2D eigenvalue weighted by Gasteiger charge is -2.15. The van der Waals surface area contributed by atoms with Crippen molar-refractivity contribution >= 4 is 0 Å². The maximum atomic E-state index is 13.9. The Morgan fingerprint density at radius 1 is 1.26 bits per heavy atom. The standard InChI is InChI=1S/C14H16F2N2O/c1-3-8-18-11(6-7-17-18)14(19)10-5-4-9(2)12(15)13(10)16/h4-7,14,19H,3,8H2,1-2H3. The molecule has 0 aliphatic heterocycles. The molecule has 0 radical (unpaired) electrons. The van der Waals surface area contributed by atoms with E-state index in [4.69, 9.17) is 0 Å². The Morgan fingerprint density at radius 2 is 2.00 bits per heavy atom. The molecule has 0 fully saturated rings. The predicted molar refractivity (Wildman–Crippen MR) is 67.7 cm³/mol. The summed E-state index contributed by atoms with van der Waals surface area (Å²) in [4.78, 5) is 0. The van der Waals surface area contributed by atoms with Crippen molar-refractivity contribution in [3.05, 3.63) is 52.9 Å². The SMILES string of the molecule is CCCn1nccc1C(O)c1ccc(C)c(F)c1F. The van der Waals surface area contributed by atoms with E-state index in [9.17, 15) is 13.9 Å². The zero-order valence-corrected chi connectivity index (χ0v) is 10.9. The van der Waals surface area contributed by atoms with Crippen molar-refractivity contribution in [1.29, 1.82) is 0 Å². The second kappa shape index (κ2) is 5.48. The lowest BCUT2D eigenvalue weighted by molar-refractivity contribution is 0.201. The zero-order valence-electron chi connectivity index (χ0n) is 10.9. The minimum Gasteiger partial charge on any atom is -0.382 e. The largest absolute Gasteiger partial charge is 0.382 e. The van der Waals surface area contributed by atoms with E-state index in [1.807, 2.05) is 6.92 Å². The third-order valence-electron chi connectivity index (χ3n) is 3.06. The molecule has 1 aromatic heterocycles. The van der Waals surface area contributed by atoms with Gasteiger partial charge < -0.3 is 5.11 Å². The Labute approximate surface area is 110 Å². The Balaban J connectivity index is 2.41. The van der Waals surface area contributed by atoms with Gasteiger partial charge in [-0.2, -0.15) is 5.10 Å². The summed E-state index contributed by atoms with van der Waals surface area (Å²) < 4.78 is 29.0. The fourth-order valence-electron chi connectivity index (χ4n) is 2.01. The maximum Gasteiger partial charge on any atom is 0.165 e. The summed E-state index contributed by atoms with van der Waals surface area (Å²) in [6, 6.07) is 4.47. The minimum atomic E-state index is -1.22. The van der Waals surface area contributed by atoms with Gasteiger partial charge in [-0.1, -0.05) is 19.1 Å². The molecule has 1 heterocycles. The molecular weight excluding hydrogens is 250 g/mol. The van der Waals surface area contributed by atoms with E-state index in [0.717, 1.165) is 6.42 Å². The zero-order chi connectivity index (χ0) is 14.0. The van der Waals surface area contributed by atoms with Gasteiger partial charge in [0.25, 0.3) is 0 Å². The lowest BCUT2D eigenvalue weighted by atomic mass is 10.0. The van der Waals surface area contributed by atoms with Crippen LogP contribution in [0.5, 0.6) is 0 Å². The molecule has 102 valence electrons.